The summed E-state index contributed by atoms with van der Waals surface area (Å²) >= 11 is 0. The van der Waals surface area contributed by atoms with E-state index >= 15 is 0 Å². The largest absolute Gasteiger partial charge is 0.451 e. The van der Waals surface area contributed by atoms with Crippen molar-refractivity contribution in [3.8, 4) is 0 Å². The maximum absolute atomic E-state index is 12.1. The van der Waals surface area contributed by atoms with Crippen LogP contribution in [0.3, 0.4) is 0 Å². The first-order valence-electron chi connectivity index (χ1n) is 7.93. The molecule has 126 valence electrons. The van der Waals surface area contributed by atoms with Gasteiger partial charge in [0.1, 0.15) is 5.69 Å². The standard InChI is InChI=1S/C20H18N2O3/c1-13-6-5-7-14(2)19(13)22-18(23)12-25-20(24)17-11-10-15-8-3-4-9-16(15)21-17/h3-11H,12H2,1-2H3,(H,22,23). The highest BCUT2D eigenvalue weighted by molar-refractivity contribution is 5.96. The zero-order chi connectivity index (χ0) is 17.8. The molecule has 0 saturated carbocycles. The third-order valence-electron chi connectivity index (χ3n) is 3.89. The number of carbonyl (C=O) groups is 2. The number of anilines is 1. The number of rotatable bonds is 4. The molecule has 5 heteroatoms. The fourth-order valence-corrected chi connectivity index (χ4v) is 2.57. The Morgan fingerprint density at radius 3 is 2.44 bits per heavy atom. The number of fused-ring (bicyclic) bond motifs is 1. The van der Waals surface area contributed by atoms with Gasteiger partial charge in [-0.25, -0.2) is 9.78 Å². The Morgan fingerprint density at radius 1 is 0.960 bits per heavy atom. The molecular weight excluding hydrogens is 316 g/mol. The van der Waals surface area contributed by atoms with Crippen molar-refractivity contribution in [3.63, 3.8) is 0 Å². The minimum atomic E-state index is -0.623. The van der Waals surface area contributed by atoms with Gasteiger partial charge in [-0.15, -0.1) is 0 Å². The van der Waals surface area contributed by atoms with Gasteiger partial charge in [0.05, 0.1) is 5.52 Å². The summed E-state index contributed by atoms with van der Waals surface area (Å²) < 4.78 is 5.08. The van der Waals surface area contributed by atoms with Crippen molar-refractivity contribution in [3.05, 3.63) is 71.4 Å². The number of benzene rings is 2. The molecule has 0 spiro atoms. The molecule has 5 nitrogen and oxygen atoms in total. The van der Waals surface area contributed by atoms with Gasteiger partial charge in [0, 0.05) is 11.1 Å². The third kappa shape index (κ3) is 3.83. The minimum absolute atomic E-state index is 0.179. The number of aryl methyl sites for hydroxylation is 2. The van der Waals surface area contributed by atoms with Crippen molar-refractivity contribution in [1.82, 2.24) is 4.98 Å². The van der Waals surface area contributed by atoms with Crippen LogP contribution in [0.5, 0.6) is 0 Å². The lowest BCUT2D eigenvalue weighted by Gasteiger charge is -2.11. The van der Waals surface area contributed by atoms with Gasteiger partial charge in [-0.1, -0.05) is 42.5 Å². The number of ether oxygens (including phenoxy) is 1. The van der Waals surface area contributed by atoms with E-state index in [2.05, 4.69) is 10.3 Å². The van der Waals surface area contributed by atoms with E-state index in [4.69, 9.17) is 4.74 Å². The van der Waals surface area contributed by atoms with E-state index in [-0.39, 0.29) is 18.2 Å². The highest BCUT2D eigenvalue weighted by Crippen LogP contribution is 2.19. The van der Waals surface area contributed by atoms with Crippen molar-refractivity contribution in [1.29, 1.82) is 0 Å². The van der Waals surface area contributed by atoms with Crippen LogP contribution in [0, 0.1) is 13.8 Å². The Labute approximate surface area is 145 Å². The van der Waals surface area contributed by atoms with Gasteiger partial charge in [0.2, 0.25) is 0 Å². The van der Waals surface area contributed by atoms with Crippen LogP contribution in [-0.2, 0) is 9.53 Å². The number of hydrogen-bond donors (Lipinski definition) is 1. The lowest BCUT2D eigenvalue weighted by molar-refractivity contribution is -0.119. The second kappa shape index (κ2) is 7.13. The molecule has 0 aliphatic carbocycles. The van der Waals surface area contributed by atoms with Gasteiger partial charge in [0.15, 0.2) is 6.61 Å². The molecule has 3 aromatic rings. The maximum atomic E-state index is 12.1. The molecule has 0 aliphatic rings. The lowest BCUT2D eigenvalue weighted by atomic mass is 10.1. The summed E-state index contributed by atoms with van der Waals surface area (Å²) in [5, 5.41) is 3.72. The summed E-state index contributed by atoms with van der Waals surface area (Å²) in [6, 6.07) is 16.6. The molecule has 0 fully saturated rings. The zero-order valence-electron chi connectivity index (χ0n) is 14.1. The number of aromatic nitrogens is 1. The van der Waals surface area contributed by atoms with Crippen LogP contribution in [0.25, 0.3) is 10.9 Å². The predicted molar refractivity (Wildman–Crippen MR) is 96.6 cm³/mol. The number of esters is 1. The summed E-state index contributed by atoms with van der Waals surface area (Å²) in [6.45, 7) is 3.46. The molecule has 0 atom stereocenters. The van der Waals surface area contributed by atoms with Crippen LogP contribution < -0.4 is 5.32 Å². The number of para-hydroxylation sites is 2. The van der Waals surface area contributed by atoms with E-state index in [9.17, 15) is 9.59 Å². The molecule has 0 aliphatic heterocycles. The van der Waals surface area contributed by atoms with E-state index < -0.39 is 5.97 Å². The molecule has 1 heterocycles. The smallest absolute Gasteiger partial charge is 0.357 e. The highest BCUT2D eigenvalue weighted by Gasteiger charge is 2.13. The number of hydrogen-bond acceptors (Lipinski definition) is 4. The monoisotopic (exact) mass is 334 g/mol. The Kier molecular flexibility index (Phi) is 4.75. The molecule has 1 N–H and O–H groups in total. The molecular formula is C20H18N2O3. The summed E-state index contributed by atoms with van der Waals surface area (Å²) in [5.74, 6) is -1.01. The average Bonchev–Trinajstić information content (AvgIpc) is 2.62. The molecule has 1 aromatic heterocycles. The van der Waals surface area contributed by atoms with Crippen molar-refractivity contribution in [2.45, 2.75) is 13.8 Å². The van der Waals surface area contributed by atoms with E-state index in [0.29, 0.717) is 5.52 Å². The summed E-state index contributed by atoms with van der Waals surface area (Å²) in [5.41, 5.74) is 3.54. The van der Waals surface area contributed by atoms with Crippen molar-refractivity contribution >= 4 is 28.5 Å². The quantitative estimate of drug-likeness (QED) is 0.740. The van der Waals surface area contributed by atoms with E-state index in [1.165, 1.54) is 0 Å². The molecule has 1 amide bonds. The number of carbonyl (C=O) groups excluding carboxylic acids is 2. The van der Waals surface area contributed by atoms with Crippen LogP contribution in [0.15, 0.2) is 54.6 Å². The van der Waals surface area contributed by atoms with E-state index in [1.54, 1.807) is 12.1 Å². The third-order valence-corrected chi connectivity index (χ3v) is 3.89. The number of nitrogens with one attached hydrogen (secondary N) is 1. The number of nitrogens with zero attached hydrogens (tertiary/aromatic N) is 1. The minimum Gasteiger partial charge on any atom is -0.451 e. The van der Waals surface area contributed by atoms with Gasteiger partial charge in [-0.3, -0.25) is 4.79 Å². The first kappa shape index (κ1) is 16.6. The summed E-state index contributed by atoms with van der Waals surface area (Å²) in [4.78, 5) is 28.4. The summed E-state index contributed by atoms with van der Waals surface area (Å²) in [6.07, 6.45) is 0. The Morgan fingerprint density at radius 2 is 1.68 bits per heavy atom. The Hall–Kier alpha value is -3.21. The van der Waals surface area contributed by atoms with Crippen LogP contribution in [-0.4, -0.2) is 23.5 Å². The van der Waals surface area contributed by atoms with Gasteiger partial charge in [-0.05, 0) is 37.1 Å². The van der Waals surface area contributed by atoms with Crippen LogP contribution >= 0.6 is 0 Å². The van der Waals surface area contributed by atoms with Crippen molar-refractivity contribution in [2.75, 3.05) is 11.9 Å². The first-order chi connectivity index (χ1) is 12.0. The summed E-state index contributed by atoms with van der Waals surface area (Å²) in [7, 11) is 0. The van der Waals surface area contributed by atoms with E-state index in [0.717, 1.165) is 22.2 Å². The fourth-order valence-electron chi connectivity index (χ4n) is 2.57. The van der Waals surface area contributed by atoms with Crippen molar-refractivity contribution in [2.24, 2.45) is 0 Å². The van der Waals surface area contributed by atoms with Crippen LogP contribution in [0.4, 0.5) is 5.69 Å². The molecule has 0 radical (unpaired) electrons. The molecule has 0 unspecified atom stereocenters. The van der Waals surface area contributed by atoms with Crippen LogP contribution in [0.2, 0.25) is 0 Å². The number of amides is 1. The molecule has 25 heavy (non-hydrogen) atoms. The fraction of sp³-hybridized carbons (Fsp3) is 0.150. The van der Waals surface area contributed by atoms with Crippen molar-refractivity contribution < 1.29 is 14.3 Å². The molecule has 2 aromatic carbocycles. The average molecular weight is 334 g/mol. The van der Waals surface area contributed by atoms with Gasteiger partial charge in [-0.2, -0.15) is 0 Å². The molecule has 0 bridgehead atoms. The predicted octanol–water partition coefficient (Wildman–Crippen LogP) is 3.65. The lowest BCUT2D eigenvalue weighted by Crippen LogP contribution is -2.22. The van der Waals surface area contributed by atoms with Gasteiger partial charge < -0.3 is 10.1 Å². The SMILES string of the molecule is Cc1cccc(C)c1NC(=O)COC(=O)c1ccc2ccccc2n1. The van der Waals surface area contributed by atoms with Crippen LogP contribution in [0.1, 0.15) is 21.6 Å². The highest BCUT2D eigenvalue weighted by atomic mass is 16.5. The molecule has 3 rings (SSSR count). The first-order valence-corrected chi connectivity index (χ1v) is 7.93. The number of pyridine rings is 1. The van der Waals surface area contributed by atoms with Gasteiger partial charge in [0.25, 0.3) is 5.91 Å². The zero-order valence-corrected chi connectivity index (χ0v) is 14.1. The Balaban J connectivity index is 1.64. The molecule has 0 saturated heterocycles. The normalized spacial score (nSPS) is 10.5. The topological polar surface area (TPSA) is 68.3 Å². The second-order valence-electron chi connectivity index (χ2n) is 5.78. The maximum Gasteiger partial charge on any atom is 0.357 e. The Bertz CT molecular complexity index is 930. The second-order valence-corrected chi connectivity index (χ2v) is 5.78. The van der Waals surface area contributed by atoms with E-state index in [1.807, 2.05) is 56.3 Å². The van der Waals surface area contributed by atoms with Gasteiger partial charge >= 0.3 is 5.97 Å².